The van der Waals surface area contributed by atoms with Crippen molar-refractivity contribution >= 4 is 0 Å². The highest BCUT2D eigenvalue weighted by Gasteiger charge is 2.09. The number of nitrogens with zero attached hydrogens (tertiary/aromatic N) is 1. The molecule has 82 valence electrons. The van der Waals surface area contributed by atoms with Crippen LogP contribution >= 0.6 is 0 Å². The topological polar surface area (TPSA) is 12.5 Å². The molecule has 0 bridgehead atoms. The van der Waals surface area contributed by atoms with Gasteiger partial charge in [0.25, 0.3) is 0 Å². The fourth-order valence-electron chi connectivity index (χ4n) is 1.99. The van der Waals surface area contributed by atoms with Crippen LogP contribution in [-0.4, -0.2) is 31.1 Å². The second-order valence-corrected chi connectivity index (χ2v) is 4.06. The third-order valence-electron chi connectivity index (χ3n) is 2.87. The van der Waals surface area contributed by atoms with Crippen LogP contribution in [0.2, 0.25) is 0 Å². The summed E-state index contributed by atoms with van der Waals surface area (Å²) in [5.41, 5.74) is 0. The van der Waals surface area contributed by atoms with Gasteiger partial charge in [0.1, 0.15) is 12.4 Å². The Bertz CT molecular complexity index is 267. The molecular formula is C13H19NO. The van der Waals surface area contributed by atoms with Gasteiger partial charge in [-0.1, -0.05) is 24.6 Å². The van der Waals surface area contributed by atoms with Crippen molar-refractivity contribution < 1.29 is 4.74 Å². The van der Waals surface area contributed by atoms with Crippen LogP contribution < -0.4 is 4.74 Å². The quantitative estimate of drug-likeness (QED) is 0.749. The fourth-order valence-corrected chi connectivity index (χ4v) is 1.99. The van der Waals surface area contributed by atoms with E-state index in [9.17, 15) is 0 Å². The molecule has 0 radical (unpaired) electrons. The summed E-state index contributed by atoms with van der Waals surface area (Å²) >= 11 is 0. The van der Waals surface area contributed by atoms with Gasteiger partial charge >= 0.3 is 0 Å². The van der Waals surface area contributed by atoms with Crippen molar-refractivity contribution in [3.63, 3.8) is 0 Å². The number of rotatable bonds is 4. The summed E-state index contributed by atoms with van der Waals surface area (Å²) in [5.74, 6) is 0.981. The van der Waals surface area contributed by atoms with Crippen LogP contribution in [0.4, 0.5) is 0 Å². The highest BCUT2D eigenvalue weighted by Crippen LogP contribution is 2.10. The van der Waals surface area contributed by atoms with Crippen molar-refractivity contribution in [2.24, 2.45) is 0 Å². The van der Waals surface area contributed by atoms with Gasteiger partial charge in [-0.05, 0) is 38.1 Å². The number of hydrogen-bond acceptors (Lipinski definition) is 2. The van der Waals surface area contributed by atoms with Gasteiger partial charge in [-0.15, -0.1) is 0 Å². The van der Waals surface area contributed by atoms with Crippen molar-refractivity contribution in [3.05, 3.63) is 30.3 Å². The predicted molar refractivity (Wildman–Crippen MR) is 62.2 cm³/mol. The van der Waals surface area contributed by atoms with Crippen LogP contribution in [0.5, 0.6) is 5.75 Å². The number of hydrogen-bond donors (Lipinski definition) is 0. The van der Waals surface area contributed by atoms with E-state index in [2.05, 4.69) is 4.90 Å². The lowest BCUT2D eigenvalue weighted by molar-refractivity contribution is 0.183. The largest absolute Gasteiger partial charge is 0.492 e. The van der Waals surface area contributed by atoms with Crippen LogP contribution in [0.1, 0.15) is 19.3 Å². The molecule has 0 amide bonds. The first-order chi connectivity index (χ1) is 7.45. The zero-order valence-corrected chi connectivity index (χ0v) is 9.19. The molecule has 2 nitrogen and oxygen atoms in total. The Morgan fingerprint density at radius 2 is 1.73 bits per heavy atom. The number of piperidine rings is 1. The van der Waals surface area contributed by atoms with Gasteiger partial charge in [-0.3, -0.25) is 4.90 Å². The van der Waals surface area contributed by atoms with Crippen LogP contribution in [0.25, 0.3) is 0 Å². The highest BCUT2D eigenvalue weighted by atomic mass is 16.5. The van der Waals surface area contributed by atoms with Crippen molar-refractivity contribution in [2.75, 3.05) is 26.2 Å². The average Bonchev–Trinajstić information content (AvgIpc) is 2.32. The molecule has 1 aromatic rings. The molecule has 1 aliphatic rings. The zero-order valence-electron chi connectivity index (χ0n) is 9.19. The van der Waals surface area contributed by atoms with E-state index in [4.69, 9.17) is 4.74 Å². The first-order valence-corrected chi connectivity index (χ1v) is 5.85. The van der Waals surface area contributed by atoms with Gasteiger partial charge in [-0.2, -0.15) is 0 Å². The first kappa shape index (κ1) is 10.5. The lowest BCUT2D eigenvalue weighted by Crippen LogP contribution is -2.33. The predicted octanol–water partition coefficient (Wildman–Crippen LogP) is 2.55. The molecule has 1 heterocycles. The maximum atomic E-state index is 5.67. The Hall–Kier alpha value is -1.02. The number of benzene rings is 1. The van der Waals surface area contributed by atoms with E-state index in [1.807, 2.05) is 30.3 Å². The summed E-state index contributed by atoms with van der Waals surface area (Å²) in [4.78, 5) is 2.49. The maximum Gasteiger partial charge on any atom is 0.119 e. The molecule has 15 heavy (non-hydrogen) atoms. The molecule has 0 atom stereocenters. The molecule has 0 aliphatic carbocycles. The van der Waals surface area contributed by atoms with Crippen LogP contribution in [0.15, 0.2) is 30.3 Å². The molecule has 1 saturated heterocycles. The van der Waals surface area contributed by atoms with Crippen molar-refractivity contribution in [1.29, 1.82) is 0 Å². The molecule has 0 spiro atoms. The average molecular weight is 205 g/mol. The summed E-state index contributed by atoms with van der Waals surface area (Å²) in [6.07, 6.45) is 4.10. The monoisotopic (exact) mass is 205 g/mol. The molecule has 2 rings (SSSR count). The Kier molecular flexibility index (Phi) is 4.03. The summed E-state index contributed by atoms with van der Waals surface area (Å²) in [7, 11) is 0. The minimum Gasteiger partial charge on any atom is -0.492 e. The molecular weight excluding hydrogens is 186 g/mol. The Morgan fingerprint density at radius 1 is 1.00 bits per heavy atom. The van der Waals surface area contributed by atoms with E-state index in [1.54, 1.807) is 0 Å². The van der Waals surface area contributed by atoms with E-state index in [0.29, 0.717) is 0 Å². The number of likely N-dealkylation sites (tertiary alicyclic amines) is 1. The smallest absolute Gasteiger partial charge is 0.119 e. The summed E-state index contributed by atoms with van der Waals surface area (Å²) in [5, 5.41) is 0. The minimum absolute atomic E-state index is 0.810. The second kappa shape index (κ2) is 5.76. The molecule has 0 saturated carbocycles. The summed E-state index contributed by atoms with van der Waals surface area (Å²) < 4.78 is 5.67. The second-order valence-electron chi connectivity index (χ2n) is 4.06. The molecule has 1 aromatic carbocycles. The van der Waals surface area contributed by atoms with Gasteiger partial charge in [0.05, 0.1) is 0 Å². The Balaban J connectivity index is 1.66. The van der Waals surface area contributed by atoms with E-state index in [0.717, 1.165) is 18.9 Å². The lowest BCUT2D eigenvalue weighted by Gasteiger charge is -2.26. The highest BCUT2D eigenvalue weighted by molar-refractivity contribution is 5.20. The van der Waals surface area contributed by atoms with Gasteiger partial charge < -0.3 is 4.74 Å². The van der Waals surface area contributed by atoms with Gasteiger partial charge in [0.2, 0.25) is 0 Å². The molecule has 0 unspecified atom stereocenters. The summed E-state index contributed by atoms with van der Waals surface area (Å²) in [6, 6.07) is 10.1. The van der Waals surface area contributed by atoms with Crippen LogP contribution in [-0.2, 0) is 0 Å². The maximum absolute atomic E-state index is 5.67. The molecule has 1 fully saturated rings. The van der Waals surface area contributed by atoms with E-state index in [1.165, 1.54) is 32.4 Å². The number of ether oxygens (including phenoxy) is 1. The third-order valence-corrected chi connectivity index (χ3v) is 2.87. The fraction of sp³-hybridized carbons (Fsp3) is 0.538. The van der Waals surface area contributed by atoms with Crippen molar-refractivity contribution in [3.8, 4) is 5.75 Å². The van der Waals surface area contributed by atoms with Gasteiger partial charge in [0, 0.05) is 6.54 Å². The van der Waals surface area contributed by atoms with Gasteiger partial charge in [0.15, 0.2) is 0 Å². The minimum atomic E-state index is 0.810. The molecule has 0 N–H and O–H groups in total. The standard InChI is InChI=1S/C13H19NO/c1-3-7-13(8-4-1)15-12-11-14-9-5-2-6-10-14/h1,3-4,7-8H,2,5-6,9-12H2. The third kappa shape index (κ3) is 3.56. The van der Waals surface area contributed by atoms with Crippen LogP contribution in [0.3, 0.4) is 0 Å². The molecule has 2 heteroatoms. The Labute approximate surface area is 91.9 Å². The number of para-hydroxylation sites is 1. The van der Waals surface area contributed by atoms with Crippen molar-refractivity contribution in [1.82, 2.24) is 4.90 Å². The normalized spacial score (nSPS) is 17.6. The van der Waals surface area contributed by atoms with E-state index >= 15 is 0 Å². The van der Waals surface area contributed by atoms with Crippen LogP contribution in [0, 0.1) is 0 Å². The van der Waals surface area contributed by atoms with E-state index in [-0.39, 0.29) is 0 Å². The van der Waals surface area contributed by atoms with Gasteiger partial charge in [-0.25, -0.2) is 0 Å². The lowest BCUT2D eigenvalue weighted by atomic mass is 10.1. The Morgan fingerprint density at radius 3 is 2.47 bits per heavy atom. The van der Waals surface area contributed by atoms with E-state index < -0.39 is 0 Å². The summed E-state index contributed by atoms with van der Waals surface area (Å²) in [6.45, 7) is 4.37. The van der Waals surface area contributed by atoms with Crippen molar-refractivity contribution in [2.45, 2.75) is 19.3 Å². The molecule has 1 aliphatic heterocycles. The first-order valence-electron chi connectivity index (χ1n) is 5.85. The molecule has 0 aromatic heterocycles. The SMILES string of the molecule is c1ccc(OCCN2CCCCC2)cc1. The zero-order chi connectivity index (χ0) is 10.3.